The number of hydrogen-bond donors (Lipinski definition) is 0. The van der Waals surface area contributed by atoms with Crippen LogP contribution in [0.25, 0.3) is 0 Å². The average Bonchev–Trinajstić information content (AvgIpc) is 1.64. The maximum Gasteiger partial charge on any atom is 1.00 e. The molecule has 3 heteroatoms. The van der Waals surface area contributed by atoms with Crippen LogP contribution in [0.1, 0.15) is 1.43 Å². The molecule has 9 heavy (non-hydrogen) atoms. The molecule has 0 amide bonds. The molecule has 0 saturated heterocycles. The van der Waals surface area contributed by atoms with E-state index in [2.05, 4.69) is 15.9 Å². The van der Waals surface area contributed by atoms with Crippen LogP contribution in [0.5, 0.6) is 0 Å². The molecule has 0 aliphatic rings. The molecule has 1 aromatic carbocycles. The Balaban J connectivity index is 0. The first-order chi connectivity index (χ1) is 3.79. The third-order valence-electron chi connectivity index (χ3n) is 0.787. The van der Waals surface area contributed by atoms with E-state index >= 15 is 0 Å². The van der Waals surface area contributed by atoms with Gasteiger partial charge in [-0.1, -0.05) is 22.0 Å². The van der Waals surface area contributed by atoms with Crippen LogP contribution in [0, 0.1) is 5.82 Å². The largest absolute Gasteiger partial charge is 1.00 e. The van der Waals surface area contributed by atoms with Crippen molar-refractivity contribution in [1.29, 1.82) is 0 Å². The zero-order valence-corrected chi connectivity index (χ0v) is 6.65. The topological polar surface area (TPSA) is 0 Å². The van der Waals surface area contributed by atoms with Gasteiger partial charge in [0.2, 0.25) is 0 Å². The molecule has 0 aliphatic heterocycles. The second-order valence-corrected chi connectivity index (χ2v) is 2.36. The summed E-state index contributed by atoms with van der Waals surface area (Å²) in [5.74, 6) is -0.209. The van der Waals surface area contributed by atoms with E-state index < -0.39 is 0 Å². The average molecular weight is 183 g/mol. The first-order valence-electron chi connectivity index (χ1n) is 2.20. The molecule has 0 saturated carbocycles. The first kappa shape index (κ1) is 9.23. The Morgan fingerprint density at radius 1 is 1.44 bits per heavy atom. The normalized spacial score (nSPS) is 8.22. The molecule has 0 heterocycles. The summed E-state index contributed by atoms with van der Waals surface area (Å²) in [4.78, 5) is 0. The summed E-state index contributed by atoms with van der Waals surface area (Å²) < 4.78 is 12.9. The van der Waals surface area contributed by atoms with Gasteiger partial charge in [-0.3, -0.25) is 0 Å². The van der Waals surface area contributed by atoms with Gasteiger partial charge in [0.1, 0.15) is 5.82 Å². The van der Waals surface area contributed by atoms with Crippen LogP contribution in [0.3, 0.4) is 0 Å². The summed E-state index contributed by atoms with van der Waals surface area (Å²) in [6.45, 7) is 0. The summed E-state index contributed by atoms with van der Waals surface area (Å²) in [6.07, 6.45) is 0. The van der Waals surface area contributed by atoms with E-state index in [0.29, 0.717) is 0 Å². The van der Waals surface area contributed by atoms with Crippen LogP contribution in [0.4, 0.5) is 4.39 Å². The predicted molar refractivity (Wildman–Crippen MR) is 35.2 cm³/mol. The molecule has 1 rings (SSSR count). The van der Waals surface area contributed by atoms with Crippen molar-refractivity contribution in [3.05, 3.63) is 34.6 Å². The fourth-order valence-electron chi connectivity index (χ4n) is 0.460. The van der Waals surface area contributed by atoms with Gasteiger partial charge in [0.15, 0.2) is 0 Å². The van der Waals surface area contributed by atoms with Gasteiger partial charge in [-0.15, -0.1) is 0 Å². The monoisotopic (exact) mass is 182 g/mol. The van der Waals surface area contributed by atoms with Crippen LogP contribution >= 0.6 is 15.9 Å². The summed E-state index contributed by atoms with van der Waals surface area (Å²) in [5, 5.41) is 0. The minimum atomic E-state index is -0.209. The number of halogens is 2. The Kier molecular flexibility index (Phi) is 4.21. The van der Waals surface area contributed by atoms with Crippen LogP contribution in [0.2, 0.25) is 0 Å². The number of rotatable bonds is 0. The van der Waals surface area contributed by atoms with Crippen molar-refractivity contribution in [3.8, 4) is 0 Å². The van der Waals surface area contributed by atoms with Gasteiger partial charge < -0.3 is 1.43 Å². The third kappa shape index (κ3) is 3.05. The van der Waals surface area contributed by atoms with Crippen molar-refractivity contribution in [2.24, 2.45) is 0 Å². The van der Waals surface area contributed by atoms with Gasteiger partial charge in [0.05, 0.1) is 0 Å². The van der Waals surface area contributed by atoms with E-state index in [1.54, 1.807) is 12.1 Å². The van der Waals surface area contributed by atoms with E-state index in [4.69, 9.17) is 0 Å². The van der Waals surface area contributed by atoms with E-state index in [-0.39, 0.29) is 26.1 Å². The summed E-state index contributed by atoms with van der Waals surface area (Å²) >= 11 is 3.12. The Hall–Kier alpha value is 0.227. The minimum Gasteiger partial charge on any atom is -1.00 e. The molecule has 44 valence electrons. The van der Waals surface area contributed by atoms with Crippen molar-refractivity contribution >= 4 is 15.9 Å². The molecule has 0 aromatic heterocycles. The van der Waals surface area contributed by atoms with Gasteiger partial charge in [0, 0.05) is 4.47 Å². The minimum absolute atomic E-state index is 0. The van der Waals surface area contributed by atoms with Gasteiger partial charge in [-0.05, 0) is 18.2 Å². The second kappa shape index (κ2) is 4.11. The molecule has 0 aliphatic carbocycles. The fraction of sp³-hybridized carbons (Fsp3) is 0. The van der Waals surface area contributed by atoms with Gasteiger partial charge in [-0.25, -0.2) is 4.39 Å². The molecule has 0 radical (unpaired) electrons. The molecular weight excluding hydrogens is 178 g/mol. The summed E-state index contributed by atoms with van der Waals surface area (Å²) in [7, 11) is 0. The Labute approximate surface area is 75.2 Å². The zero-order chi connectivity index (χ0) is 5.98. The molecule has 1 aromatic rings. The van der Waals surface area contributed by atoms with Crippen molar-refractivity contribution in [2.75, 3.05) is 0 Å². The first-order valence-corrected chi connectivity index (χ1v) is 2.99. The number of hydrogen-bond acceptors (Lipinski definition) is 0. The fourth-order valence-corrected chi connectivity index (χ4v) is 0.831. The standard InChI is InChI=1S/C6H4BrF.Li.H/c7-5-2-1-3-6(8)4-5;;/h1-4H;;/q;+1;-1. The Morgan fingerprint density at radius 3 is 2.44 bits per heavy atom. The third-order valence-corrected chi connectivity index (χ3v) is 1.28. The summed E-state index contributed by atoms with van der Waals surface area (Å²) in [6, 6.07) is 6.26. The summed E-state index contributed by atoms with van der Waals surface area (Å²) in [5.41, 5.74) is 0. The SMILES string of the molecule is Fc1cccc(Br)c1.[H-].[Li+]. The Morgan fingerprint density at radius 2 is 2.11 bits per heavy atom. The van der Waals surface area contributed by atoms with E-state index in [9.17, 15) is 4.39 Å². The van der Waals surface area contributed by atoms with Crippen molar-refractivity contribution < 1.29 is 24.7 Å². The van der Waals surface area contributed by atoms with Crippen molar-refractivity contribution in [2.45, 2.75) is 0 Å². The van der Waals surface area contributed by atoms with Crippen molar-refractivity contribution in [3.63, 3.8) is 0 Å². The van der Waals surface area contributed by atoms with E-state index in [1.165, 1.54) is 12.1 Å². The maximum absolute atomic E-state index is 12.1. The molecule has 0 unspecified atom stereocenters. The number of benzene rings is 1. The Bertz CT molecular complexity index is 178. The van der Waals surface area contributed by atoms with Gasteiger partial charge >= 0.3 is 18.9 Å². The van der Waals surface area contributed by atoms with Crippen LogP contribution in [-0.2, 0) is 0 Å². The molecule has 0 N–H and O–H groups in total. The molecule has 0 fully saturated rings. The van der Waals surface area contributed by atoms with Crippen LogP contribution < -0.4 is 18.9 Å². The quantitative estimate of drug-likeness (QED) is 0.484. The molecular formula is C6H5BrFLi. The van der Waals surface area contributed by atoms with Crippen LogP contribution in [0.15, 0.2) is 28.7 Å². The van der Waals surface area contributed by atoms with Crippen LogP contribution in [-0.4, -0.2) is 0 Å². The molecule has 0 bridgehead atoms. The smallest absolute Gasteiger partial charge is 1.00 e. The zero-order valence-electron chi connectivity index (χ0n) is 6.07. The van der Waals surface area contributed by atoms with Gasteiger partial charge in [-0.2, -0.15) is 0 Å². The second-order valence-electron chi connectivity index (χ2n) is 1.44. The molecule has 0 nitrogen and oxygen atoms in total. The van der Waals surface area contributed by atoms with Gasteiger partial charge in [0.25, 0.3) is 0 Å². The van der Waals surface area contributed by atoms with Crippen molar-refractivity contribution in [1.82, 2.24) is 0 Å². The van der Waals surface area contributed by atoms with E-state index in [1.807, 2.05) is 0 Å². The van der Waals surface area contributed by atoms with E-state index in [0.717, 1.165) is 4.47 Å². The molecule has 0 spiro atoms. The molecule has 0 atom stereocenters. The maximum atomic E-state index is 12.1. The predicted octanol–water partition coefficient (Wildman–Crippen LogP) is -0.295.